The number of piperidine rings is 1. The van der Waals surface area contributed by atoms with E-state index in [1.54, 1.807) is 0 Å². The maximum Gasteiger partial charge on any atom is 0.0931 e. The lowest BCUT2D eigenvalue weighted by atomic mass is 10.0. The monoisotopic (exact) mass is 330 g/mol. The Bertz CT molecular complexity index is 612. The molecule has 1 heterocycles. The zero-order chi connectivity index (χ0) is 16.1. The first kappa shape index (κ1) is 16.3. The lowest BCUT2D eigenvalue weighted by Crippen LogP contribution is -2.40. The molecular weight excluding hydrogens is 308 g/mol. The van der Waals surface area contributed by atoms with E-state index in [1.807, 2.05) is 30.3 Å². The van der Waals surface area contributed by atoms with E-state index in [2.05, 4.69) is 34.5 Å². The van der Waals surface area contributed by atoms with Gasteiger partial charge < -0.3 is 15.3 Å². The van der Waals surface area contributed by atoms with Crippen molar-refractivity contribution < 1.29 is 5.11 Å². The third kappa shape index (κ3) is 4.47. The third-order valence-electron chi connectivity index (χ3n) is 4.43. The highest BCUT2D eigenvalue weighted by atomic mass is 35.5. The molecule has 0 bridgehead atoms. The molecule has 2 aromatic rings. The van der Waals surface area contributed by atoms with Gasteiger partial charge in [0.25, 0.3) is 0 Å². The van der Waals surface area contributed by atoms with E-state index >= 15 is 0 Å². The fraction of sp³-hybridized carbons (Fsp3) is 0.368. The number of para-hydroxylation sites is 1. The fourth-order valence-electron chi connectivity index (χ4n) is 3.12. The molecule has 2 aromatic carbocycles. The van der Waals surface area contributed by atoms with Crippen LogP contribution in [0, 0.1) is 0 Å². The number of hydrogen-bond donors (Lipinski definition) is 2. The molecule has 4 heteroatoms. The second kappa shape index (κ2) is 7.82. The van der Waals surface area contributed by atoms with Gasteiger partial charge in [-0.25, -0.2) is 0 Å². The van der Waals surface area contributed by atoms with Crippen molar-refractivity contribution in [2.75, 3.05) is 25.0 Å². The van der Waals surface area contributed by atoms with Gasteiger partial charge >= 0.3 is 0 Å². The van der Waals surface area contributed by atoms with Crippen molar-refractivity contribution in [3.63, 3.8) is 0 Å². The predicted octanol–water partition coefficient (Wildman–Crippen LogP) is 3.95. The van der Waals surface area contributed by atoms with Crippen LogP contribution in [0.2, 0.25) is 5.02 Å². The summed E-state index contributed by atoms with van der Waals surface area (Å²) in [6.45, 7) is 2.62. The van der Waals surface area contributed by atoms with Crippen LogP contribution in [0.1, 0.15) is 24.5 Å². The number of benzene rings is 2. The number of hydrogen-bond acceptors (Lipinski definition) is 3. The number of aliphatic hydroxyl groups is 1. The molecule has 0 aliphatic carbocycles. The normalized spacial score (nSPS) is 17.8. The van der Waals surface area contributed by atoms with Crippen LogP contribution in [0.4, 0.5) is 5.69 Å². The number of nitrogens with zero attached hydrogens (tertiary/aromatic N) is 1. The molecule has 1 fully saturated rings. The third-order valence-corrected chi connectivity index (χ3v) is 4.77. The Morgan fingerprint density at radius 3 is 2.39 bits per heavy atom. The van der Waals surface area contributed by atoms with Gasteiger partial charge in [0, 0.05) is 41.9 Å². The molecule has 122 valence electrons. The van der Waals surface area contributed by atoms with Gasteiger partial charge in [0.1, 0.15) is 0 Å². The zero-order valence-electron chi connectivity index (χ0n) is 13.2. The molecule has 1 atom stereocenters. The Labute approximate surface area is 142 Å². The Hall–Kier alpha value is -1.55. The predicted molar refractivity (Wildman–Crippen MR) is 95.9 cm³/mol. The lowest BCUT2D eigenvalue weighted by Gasteiger charge is -2.34. The topological polar surface area (TPSA) is 35.5 Å². The molecule has 1 saturated heterocycles. The Morgan fingerprint density at radius 1 is 1.04 bits per heavy atom. The van der Waals surface area contributed by atoms with Crippen molar-refractivity contribution in [2.24, 2.45) is 0 Å². The summed E-state index contributed by atoms with van der Waals surface area (Å²) in [5.74, 6) is 0. The summed E-state index contributed by atoms with van der Waals surface area (Å²) in [7, 11) is 0. The van der Waals surface area contributed by atoms with Crippen LogP contribution in [0.25, 0.3) is 0 Å². The van der Waals surface area contributed by atoms with E-state index in [0.717, 1.165) is 31.5 Å². The van der Waals surface area contributed by atoms with Crippen LogP contribution < -0.4 is 5.32 Å². The first-order chi connectivity index (χ1) is 11.2. The van der Waals surface area contributed by atoms with E-state index in [1.165, 1.54) is 5.69 Å². The van der Waals surface area contributed by atoms with Crippen molar-refractivity contribution in [2.45, 2.75) is 25.0 Å². The maximum atomic E-state index is 10.4. The number of anilines is 1. The second-order valence-corrected chi connectivity index (χ2v) is 6.53. The van der Waals surface area contributed by atoms with Crippen molar-refractivity contribution in [3.8, 4) is 0 Å². The molecule has 1 aliphatic heterocycles. The molecule has 1 aliphatic rings. The summed E-state index contributed by atoms with van der Waals surface area (Å²) >= 11 is 6.16. The summed E-state index contributed by atoms with van der Waals surface area (Å²) in [4.78, 5) is 2.32. The molecule has 0 saturated carbocycles. The molecule has 0 radical (unpaired) electrons. The van der Waals surface area contributed by atoms with Gasteiger partial charge in [-0.3, -0.25) is 0 Å². The molecule has 23 heavy (non-hydrogen) atoms. The van der Waals surface area contributed by atoms with E-state index in [0.29, 0.717) is 17.6 Å². The smallest absolute Gasteiger partial charge is 0.0931 e. The van der Waals surface area contributed by atoms with Crippen LogP contribution in [-0.4, -0.2) is 35.7 Å². The maximum absolute atomic E-state index is 10.4. The lowest BCUT2D eigenvalue weighted by molar-refractivity contribution is 0.0992. The molecule has 0 amide bonds. The van der Waals surface area contributed by atoms with E-state index in [9.17, 15) is 5.11 Å². The second-order valence-electron chi connectivity index (χ2n) is 6.12. The summed E-state index contributed by atoms with van der Waals surface area (Å²) in [6, 6.07) is 18.4. The SMILES string of the molecule is OC(CN1CCC(Nc2ccccc2)CC1)c1ccccc1Cl. The summed E-state index contributed by atoms with van der Waals surface area (Å²) in [6.07, 6.45) is 1.65. The Kier molecular flexibility index (Phi) is 5.55. The van der Waals surface area contributed by atoms with Crippen molar-refractivity contribution in [1.82, 2.24) is 4.90 Å². The Balaban J connectivity index is 1.48. The molecule has 3 nitrogen and oxygen atoms in total. The molecule has 2 N–H and O–H groups in total. The zero-order valence-corrected chi connectivity index (χ0v) is 13.9. The fourth-order valence-corrected chi connectivity index (χ4v) is 3.38. The molecule has 1 unspecified atom stereocenters. The molecule has 3 rings (SSSR count). The largest absolute Gasteiger partial charge is 0.387 e. The first-order valence-electron chi connectivity index (χ1n) is 8.19. The van der Waals surface area contributed by atoms with Crippen molar-refractivity contribution in [3.05, 3.63) is 65.2 Å². The number of halogens is 1. The molecule has 0 aromatic heterocycles. The van der Waals surface area contributed by atoms with Gasteiger partial charge in [0.05, 0.1) is 6.10 Å². The Morgan fingerprint density at radius 2 is 1.70 bits per heavy atom. The van der Waals surface area contributed by atoms with E-state index < -0.39 is 6.10 Å². The van der Waals surface area contributed by atoms with Gasteiger partial charge in [-0.15, -0.1) is 0 Å². The molecular formula is C19H23ClN2O. The minimum absolute atomic E-state index is 0.506. The van der Waals surface area contributed by atoms with Crippen molar-refractivity contribution in [1.29, 1.82) is 0 Å². The number of aliphatic hydroxyl groups excluding tert-OH is 1. The van der Waals surface area contributed by atoms with Gasteiger partial charge in [-0.2, -0.15) is 0 Å². The number of rotatable bonds is 5. The van der Waals surface area contributed by atoms with Crippen LogP contribution in [0.5, 0.6) is 0 Å². The highest BCUT2D eigenvalue weighted by Crippen LogP contribution is 2.24. The van der Waals surface area contributed by atoms with Crippen LogP contribution in [0.3, 0.4) is 0 Å². The summed E-state index contributed by atoms with van der Waals surface area (Å²) in [5.41, 5.74) is 2.00. The minimum atomic E-state index is -0.526. The van der Waals surface area contributed by atoms with Gasteiger partial charge in [-0.05, 0) is 31.0 Å². The molecule has 0 spiro atoms. The van der Waals surface area contributed by atoms with Gasteiger partial charge in [0.2, 0.25) is 0 Å². The quantitative estimate of drug-likeness (QED) is 0.871. The van der Waals surface area contributed by atoms with Crippen LogP contribution in [-0.2, 0) is 0 Å². The van der Waals surface area contributed by atoms with Gasteiger partial charge in [0.15, 0.2) is 0 Å². The van der Waals surface area contributed by atoms with E-state index in [-0.39, 0.29) is 0 Å². The number of likely N-dealkylation sites (tertiary alicyclic amines) is 1. The number of β-amino-alcohol motifs (C(OH)–C–C–N with tert-alkyl or cyclic N) is 1. The highest BCUT2D eigenvalue weighted by molar-refractivity contribution is 6.31. The minimum Gasteiger partial charge on any atom is -0.387 e. The standard InChI is InChI=1S/C19H23ClN2O/c20-18-9-5-4-8-17(18)19(23)14-22-12-10-16(11-13-22)21-15-6-2-1-3-7-15/h1-9,16,19,21,23H,10-14H2. The van der Waals surface area contributed by atoms with Crippen LogP contribution >= 0.6 is 11.6 Å². The number of nitrogens with one attached hydrogen (secondary N) is 1. The van der Waals surface area contributed by atoms with Crippen molar-refractivity contribution >= 4 is 17.3 Å². The van der Waals surface area contributed by atoms with Crippen LogP contribution in [0.15, 0.2) is 54.6 Å². The average molecular weight is 331 g/mol. The first-order valence-corrected chi connectivity index (χ1v) is 8.56. The average Bonchev–Trinajstić information content (AvgIpc) is 2.58. The summed E-state index contributed by atoms with van der Waals surface area (Å²) < 4.78 is 0. The van der Waals surface area contributed by atoms with Gasteiger partial charge in [-0.1, -0.05) is 48.0 Å². The van der Waals surface area contributed by atoms with E-state index in [4.69, 9.17) is 11.6 Å². The summed E-state index contributed by atoms with van der Waals surface area (Å²) in [5, 5.41) is 14.6. The highest BCUT2D eigenvalue weighted by Gasteiger charge is 2.22.